The maximum Gasteiger partial charge on any atom is 0.256 e. The topological polar surface area (TPSA) is 66.4 Å². The van der Waals surface area contributed by atoms with E-state index in [9.17, 15) is 14.7 Å². The van der Waals surface area contributed by atoms with Crippen LogP contribution in [0.5, 0.6) is 5.75 Å². The van der Waals surface area contributed by atoms with Gasteiger partial charge >= 0.3 is 0 Å². The zero-order chi connectivity index (χ0) is 14.1. The third-order valence-corrected chi connectivity index (χ3v) is 3.11. The number of carbonyl (C=O) groups excluding carboxylic acids is 2. The maximum absolute atomic E-state index is 12.3. The summed E-state index contributed by atoms with van der Waals surface area (Å²) in [5.74, 6) is -0.352. The molecule has 1 heterocycles. The van der Waals surface area contributed by atoms with Crippen molar-refractivity contribution in [2.45, 2.75) is 0 Å². The van der Waals surface area contributed by atoms with Gasteiger partial charge in [0.25, 0.3) is 5.91 Å². The molecule has 0 saturated heterocycles. The first kappa shape index (κ1) is 12.2. The van der Waals surface area contributed by atoms with Gasteiger partial charge in [-0.2, -0.15) is 0 Å². The molecule has 0 atom stereocenters. The van der Waals surface area contributed by atoms with Gasteiger partial charge in [0.15, 0.2) is 0 Å². The molecule has 98 valence electrons. The van der Waals surface area contributed by atoms with E-state index in [0.29, 0.717) is 11.1 Å². The quantitative estimate of drug-likeness (QED) is 0.778. The minimum absolute atomic E-state index is 0.150. The summed E-state index contributed by atoms with van der Waals surface area (Å²) in [6.45, 7) is 0. The van der Waals surface area contributed by atoms with Gasteiger partial charge < -0.3 is 10.4 Å². The summed E-state index contributed by atoms with van der Waals surface area (Å²) in [5.41, 5.74) is 1.76. The van der Waals surface area contributed by atoms with Crippen molar-refractivity contribution in [1.29, 1.82) is 0 Å². The molecule has 0 unspecified atom stereocenters. The van der Waals surface area contributed by atoms with Crippen molar-refractivity contribution in [2.75, 3.05) is 0 Å². The van der Waals surface area contributed by atoms with Crippen molar-refractivity contribution in [3.63, 3.8) is 0 Å². The third-order valence-electron chi connectivity index (χ3n) is 3.11. The number of fused-ring (bicyclic) bond motifs is 1. The number of phenols is 1. The highest BCUT2D eigenvalue weighted by molar-refractivity contribution is 6.22. The second kappa shape index (κ2) is 4.66. The number of carbonyl (C=O) groups is 2. The molecular formula is C16H11NO3. The number of phenolic OH excluding ortho intramolecular Hbond substituents is 1. The van der Waals surface area contributed by atoms with Gasteiger partial charge in [0.05, 0.1) is 11.3 Å². The average molecular weight is 265 g/mol. The molecule has 0 saturated carbocycles. The number of benzene rings is 2. The monoisotopic (exact) mass is 265 g/mol. The molecule has 0 radical (unpaired) electrons. The predicted octanol–water partition coefficient (Wildman–Crippen LogP) is 2.36. The van der Waals surface area contributed by atoms with Crippen LogP contribution in [0.3, 0.4) is 0 Å². The Labute approximate surface area is 115 Å². The van der Waals surface area contributed by atoms with Crippen LogP contribution in [-0.2, 0) is 0 Å². The molecule has 1 aliphatic heterocycles. The van der Waals surface area contributed by atoms with Crippen molar-refractivity contribution in [1.82, 2.24) is 5.32 Å². The van der Waals surface area contributed by atoms with Crippen LogP contribution >= 0.6 is 0 Å². The molecular weight excluding hydrogens is 254 g/mol. The molecule has 0 bridgehead atoms. The second-order valence-corrected chi connectivity index (χ2v) is 4.48. The van der Waals surface area contributed by atoms with E-state index >= 15 is 0 Å². The summed E-state index contributed by atoms with van der Waals surface area (Å²) in [7, 11) is 0. The van der Waals surface area contributed by atoms with E-state index in [-0.39, 0.29) is 23.1 Å². The number of hydrogen-bond acceptors (Lipinski definition) is 3. The van der Waals surface area contributed by atoms with Crippen LogP contribution < -0.4 is 5.32 Å². The maximum atomic E-state index is 12.3. The highest BCUT2D eigenvalue weighted by Crippen LogP contribution is 2.20. The normalized spacial score (nSPS) is 15.9. The fourth-order valence-corrected chi connectivity index (χ4v) is 2.11. The SMILES string of the molecule is O=C1NC(=Cc2ccc(O)cc2)C(=O)c2ccccc21. The van der Waals surface area contributed by atoms with Crippen molar-refractivity contribution < 1.29 is 14.7 Å². The standard InChI is InChI=1S/C16H11NO3/c18-11-7-5-10(6-8-11)9-14-15(19)12-3-1-2-4-13(12)16(20)17-14/h1-9,18H,(H,17,20). The van der Waals surface area contributed by atoms with Gasteiger partial charge in [-0.15, -0.1) is 0 Å². The summed E-state index contributed by atoms with van der Waals surface area (Å²) in [6.07, 6.45) is 1.59. The Kier molecular flexibility index (Phi) is 2.84. The minimum atomic E-state index is -0.287. The molecule has 2 aromatic carbocycles. The molecule has 0 spiro atoms. The highest BCUT2D eigenvalue weighted by atomic mass is 16.3. The van der Waals surface area contributed by atoms with E-state index in [1.54, 1.807) is 42.5 Å². The molecule has 3 rings (SSSR count). The molecule has 1 aliphatic rings. The molecule has 0 aliphatic carbocycles. The summed E-state index contributed by atoms with van der Waals surface area (Å²) in [4.78, 5) is 24.2. The fourth-order valence-electron chi connectivity index (χ4n) is 2.11. The van der Waals surface area contributed by atoms with Crippen LogP contribution in [0, 0.1) is 0 Å². The van der Waals surface area contributed by atoms with Crippen LogP contribution in [0.4, 0.5) is 0 Å². The zero-order valence-corrected chi connectivity index (χ0v) is 10.5. The van der Waals surface area contributed by atoms with E-state index in [4.69, 9.17) is 0 Å². The lowest BCUT2D eigenvalue weighted by molar-refractivity contribution is 0.0910. The number of nitrogens with one attached hydrogen (secondary N) is 1. The van der Waals surface area contributed by atoms with Crippen LogP contribution in [-0.4, -0.2) is 16.8 Å². The molecule has 0 aromatic heterocycles. The highest BCUT2D eigenvalue weighted by Gasteiger charge is 2.26. The van der Waals surface area contributed by atoms with Gasteiger partial charge in [-0.05, 0) is 29.8 Å². The molecule has 0 fully saturated rings. The Hall–Kier alpha value is -2.88. The van der Waals surface area contributed by atoms with Crippen LogP contribution in [0.15, 0.2) is 54.2 Å². The van der Waals surface area contributed by atoms with Crippen molar-refractivity contribution >= 4 is 17.8 Å². The first-order valence-electron chi connectivity index (χ1n) is 6.11. The number of Topliss-reactive ketones (excluding diaryl/α,β-unsaturated/α-hetero) is 1. The molecule has 4 heteroatoms. The van der Waals surface area contributed by atoms with E-state index in [0.717, 1.165) is 5.56 Å². The number of rotatable bonds is 1. The predicted molar refractivity (Wildman–Crippen MR) is 74.3 cm³/mol. The molecule has 4 nitrogen and oxygen atoms in total. The first-order valence-corrected chi connectivity index (χ1v) is 6.11. The average Bonchev–Trinajstić information content (AvgIpc) is 2.47. The lowest BCUT2D eigenvalue weighted by Gasteiger charge is -2.17. The number of aromatic hydroxyl groups is 1. The van der Waals surface area contributed by atoms with E-state index in [1.165, 1.54) is 12.1 Å². The summed E-state index contributed by atoms with van der Waals surface area (Å²) < 4.78 is 0. The number of amides is 1. The van der Waals surface area contributed by atoms with Gasteiger partial charge in [-0.1, -0.05) is 30.3 Å². The lowest BCUT2D eigenvalue weighted by atomic mass is 9.96. The first-order chi connectivity index (χ1) is 9.65. The number of allylic oxidation sites excluding steroid dienone is 1. The third kappa shape index (κ3) is 2.07. The van der Waals surface area contributed by atoms with E-state index < -0.39 is 0 Å². The van der Waals surface area contributed by atoms with Gasteiger partial charge in [0.2, 0.25) is 5.78 Å². The van der Waals surface area contributed by atoms with Gasteiger partial charge in [0, 0.05) is 5.56 Å². The number of ketones is 1. The van der Waals surface area contributed by atoms with Crippen molar-refractivity contribution in [3.8, 4) is 5.75 Å². The van der Waals surface area contributed by atoms with E-state index in [2.05, 4.69) is 5.32 Å². The molecule has 20 heavy (non-hydrogen) atoms. The van der Waals surface area contributed by atoms with Crippen LogP contribution in [0.25, 0.3) is 6.08 Å². The largest absolute Gasteiger partial charge is 0.508 e. The molecule has 1 amide bonds. The second-order valence-electron chi connectivity index (χ2n) is 4.48. The van der Waals surface area contributed by atoms with Gasteiger partial charge in [-0.25, -0.2) is 0 Å². The van der Waals surface area contributed by atoms with Crippen molar-refractivity contribution in [2.24, 2.45) is 0 Å². The van der Waals surface area contributed by atoms with Crippen LogP contribution in [0.2, 0.25) is 0 Å². The Morgan fingerprint density at radius 2 is 1.55 bits per heavy atom. The Bertz CT molecular complexity index is 730. The van der Waals surface area contributed by atoms with Crippen molar-refractivity contribution in [3.05, 3.63) is 70.9 Å². The van der Waals surface area contributed by atoms with Gasteiger partial charge in [0.1, 0.15) is 5.75 Å². The summed E-state index contributed by atoms with van der Waals surface area (Å²) in [5, 5.41) is 11.8. The summed E-state index contributed by atoms with van der Waals surface area (Å²) in [6, 6.07) is 13.1. The Morgan fingerprint density at radius 3 is 2.25 bits per heavy atom. The van der Waals surface area contributed by atoms with Crippen LogP contribution in [0.1, 0.15) is 26.3 Å². The smallest absolute Gasteiger partial charge is 0.256 e. The Balaban J connectivity index is 2.03. The lowest BCUT2D eigenvalue weighted by Crippen LogP contribution is -2.34. The molecule has 2 N–H and O–H groups in total. The van der Waals surface area contributed by atoms with E-state index in [1.807, 2.05) is 0 Å². The zero-order valence-electron chi connectivity index (χ0n) is 10.5. The number of hydrogen-bond donors (Lipinski definition) is 2. The fraction of sp³-hybridized carbons (Fsp3) is 0. The van der Waals surface area contributed by atoms with Gasteiger partial charge in [-0.3, -0.25) is 9.59 Å². The minimum Gasteiger partial charge on any atom is -0.508 e. The molecule has 2 aromatic rings. The summed E-state index contributed by atoms with van der Waals surface area (Å²) >= 11 is 0. The Morgan fingerprint density at radius 1 is 0.900 bits per heavy atom.